The highest BCUT2D eigenvalue weighted by Crippen LogP contribution is 2.29. The quantitative estimate of drug-likeness (QED) is 0.662. The Balaban J connectivity index is 1.70. The maximum atomic E-state index is 12.5. The van der Waals surface area contributed by atoms with E-state index in [2.05, 4.69) is 4.98 Å². The maximum absolute atomic E-state index is 12.5. The topological polar surface area (TPSA) is 42.4 Å². The molecular formula is C20H19ClN2O2. The van der Waals surface area contributed by atoms with Gasteiger partial charge in [0, 0.05) is 24.7 Å². The molecule has 0 N–H and O–H groups in total. The molecule has 0 saturated heterocycles. The highest BCUT2D eigenvalue weighted by molar-refractivity contribution is 6.35. The van der Waals surface area contributed by atoms with Crippen LogP contribution in [0.1, 0.15) is 12.5 Å². The number of rotatable bonds is 6. The molecule has 0 bridgehead atoms. The summed E-state index contributed by atoms with van der Waals surface area (Å²) in [6.45, 7) is 3.11. The lowest BCUT2D eigenvalue weighted by molar-refractivity contribution is -0.133. The number of pyridine rings is 1. The Morgan fingerprint density at radius 2 is 1.92 bits per heavy atom. The monoisotopic (exact) mass is 354 g/mol. The molecule has 1 aromatic heterocycles. The number of likely N-dealkylation sites (N-methyl/N-ethyl adjacent to an activating group) is 1. The molecular weight excluding hydrogens is 336 g/mol. The predicted molar refractivity (Wildman–Crippen MR) is 99.8 cm³/mol. The van der Waals surface area contributed by atoms with Crippen LogP contribution < -0.4 is 4.74 Å². The molecule has 4 nitrogen and oxygen atoms in total. The minimum Gasteiger partial charge on any atom is -0.481 e. The Labute approximate surface area is 152 Å². The van der Waals surface area contributed by atoms with Gasteiger partial charge in [-0.2, -0.15) is 0 Å². The van der Waals surface area contributed by atoms with Gasteiger partial charge in [0.1, 0.15) is 11.3 Å². The van der Waals surface area contributed by atoms with Crippen molar-refractivity contribution in [2.75, 3.05) is 13.2 Å². The number of hydrogen-bond acceptors (Lipinski definition) is 3. The van der Waals surface area contributed by atoms with Crippen LogP contribution >= 0.6 is 11.6 Å². The first kappa shape index (κ1) is 17.2. The van der Waals surface area contributed by atoms with Crippen molar-refractivity contribution >= 4 is 28.4 Å². The lowest BCUT2D eigenvalue weighted by atomic mass is 10.2. The molecule has 128 valence electrons. The lowest BCUT2D eigenvalue weighted by Crippen LogP contribution is -2.34. The summed E-state index contributed by atoms with van der Waals surface area (Å²) in [5.41, 5.74) is 1.75. The first-order valence-corrected chi connectivity index (χ1v) is 8.54. The normalized spacial score (nSPS) is 10.6. The van der Waals surface area contributed by atoms with E-state index >= 15 is 0 Å². The fourth-order valence-corrected chi connectivity index (χ4v) is 2.85. The van der Waals surface area contributed by atoms with Gasteiger partial charge in [0.25, 0.3) is 5.91 Å². The summed E-state index contributed by atoms with van der Waals surface area (Å²) >= 11 is 6.18. The lowest BCUT2D eigenvalue weighted by Gasteiger charge is -2.21. The summed E-state index contributed by atoms with van der Waals surface area (Å²) < 4.78 is 5.74. The van der Waals surface area contributed by atoms with E-state index in [4.69, 9.17) is 16.3 Å². The van der Waals surface area contributed by atoms with E-state index in [0.717, 1.165) is 10.9 Å². The van der Waals surface area contributed by atoms with Crippen LogP contribution in [0.2, 0.25) is 5.02 Å². The second kappa shape index (κ2) is 7.99. The largest absolute Gasteiger partial charge is 0.481 e. The standard InChI is InChI=1S/C20H19ClN2O2/c1-2-23(13-15-7-4-3-5-8-15)19(24)14-25-18-11-10-17(21)16-9-6-12-22-20(16)18/h3-12H,2,13-14H2,1H3. The highest BCUT2D eigenvalue weighted by atomic mass is 35.5. The van der Waals surface area contributed by atoms with Crippen molar-refractivity contribution in [1.82, 2.24) is 9.88 Å². The van der Waals surface area contributed by atoms with Crippen molar-refractivity contribution in [3.05, 3.63) is 71.4 Å². The van der Waals surface area contributed by atoms with Crippen LogP contribution in [0.4, 0.5) is 0 Å². The number of hydrogen-bond donors (Lipinski definition) is 0. The van der Waals surface area contributed by atoms with E-state index in [1.165, 1.54) is 0 Å². The second-order valence-electron chi connectivity index (χ2n) is 5.63. The Bertz CT molecular complexity index is 868. The number of amides is 1. The Morgan fingerprint density at radius 1 is 1.12 bits per heavy atom. The Morgan fingerprint density at radius 3 is 2.68 bits per heavy atom. The van der Waals surface area contributed by atoms with E-state index in [1.54, 1.807) is 23.2 Å². The molecule has 3 aromatic rings. The number of halogens is 1. The number of carbonyl (C=O) groups is 1. The molecule has 0 atom stereocenters. The first-order chi connectivity index (χ1) is 12.2. The van der Waals surface area contributed by atoms with Crippen molar-refractivity contribution in [1.29, 1.82) is 0 Å². The van der Waals surface area contributed by atoms with Gasteiger partial charge in [-0.25, -0.2) is 0 Å². The van der Waals surface area contributed by atoms with E-state index in [1.807, 2.05) is 49.4 Å². The van der Waals surface area contributed by atoms with Crippen molar-refractivity contribution in [2.45, 2.75) is 13.5 Å². The SMILES string of the molecule is CCN(Cc1ccccc1)C(=O)COc1ccc(Cl)c2cccnc12. The molecule has 3 rings (SSSR count). The third-order valence-corrected chi connectivity index (χ3v) is 4.31. The van der Waals surface area contributed by atoms with Crippen LogP contribution in [0.3, 0.4) is 0 Å². The molecule has 2 aromatic carbocycles. The summed E-state index contributed by atoms with van der Waals surface area (Å²) in [5.74, 6) is 0.495. The Hall–Kier alpha value is -2.59. The molecule has 0 fully saturated rings. The molecule has 0 aliphatic carbocycles. The average Bonchev–Trinajstić information content (AvgIpc) is 2.66. The average molecular weight is 355 g/mol. The van der Waals surface area contributed by atoms with E-state index in [0.29, 0.717) is 29.4 Å². The smallest absolute Gasteiger partial charge is 0.260 e. The predicted octanol–water partition coefficient (Wildman–Crippen LogP) is 4.32. The Kier molecular flexibility index (Phi) is 5.51. The molecule has 0 radical (unpaired) electrons. The molecule has 25 heavy (non-hydrogen) atoms. The molecule has 1 heterocycles. The minimum absolute atomic E-state index is 0.0337. The molecule has 0 unspecified atom stereocenters. The summed E-state index contributed by atoms with van der Waals surface area (Å²) in [7, 11) is 0. The van der Waals surface area contributed by atoms with Crippen LogP contribution in [-0.2, 0) is 11.3 Å². The number of aromatic nitrogens is 1. The van der Waals surface area contributed by atoms with Crippen LogP contribution in [0.15, 0.2) is 60.8 Å². The molecule has 5 heteroatoms. The van der Waals surface area contributed by atoms with Gasteiger partial charge in [-0.05, 0) is 36.8 Å². The zero-order chi connectivity index (χ0) is 17.6. The summed E-state index contributed by atoms with van der Waals surface area (Å²) in [6, 6.07) is 17.1. The minimum atomic E-state index is -0.0645. The molecule has 1 amide bonds. The van der Waals surface area contributed by atoms with E-state index in [9.17, 15) is 4.79 Å². The molecule has 0 saturated carbocycles. The van der Waals surface area contributed by atoms with Gasteiger partial charge in [-0.15, -0.1) is 0 Å². The zero-order valence-corrected chi connectivity index (χ0v) is 14.7. The van der Waals surface area contributed by atoms with Gasteiger partial charge in [0.15, 0.2) is 6.61 Å². The van der Waals surface area contributed by atoms with Gasteiger partial charge in [0.2, 0.25) is 0 Å². The van der Waals surface area contributed by atoms with E-state index in [-0.39, 0.29) is 12.5 Å². The van der Waals surface area contributed by atoms with Crippen molar-refractivity contribution in [2.24, 2.45) is 0 Å². The first-order valence-electron chi connectivity index (χ1n) is 8.16. The molecule has 0 aliphatic heterocycles. The zero-order valence-electron chi connectivity index (χ0n) is 14.0. The van der Waals surface area contributed by atoms with Crippen LogP contribution in [0.25, 0.3) is 10.9 Å². The van der Waals surface area contributed by atoms with Gasteiger partial charge in [-0.3, -0.25) is 9.78 Å². The van der Waals surface area contributed by atoms with Crippen LogP contribution in [-0.4, -0.2) is 28.9 Å². The molecule has 0 spiro atoms. The summed E-state index contributed by atoms with van der Waals surface area (Å²) in [6.07, 6.45) is 1.68. The number of benzene rings is 2. The van der Waals surface area contributed by atoms with Gasteiger partial charge < -0.3 is 9.64 Å². The van der Waals surface area contributed by atoms with E-state index < -0.39 is 0 Å². The van der Waals surface area contributed by atoms with Gasteiger partial charge in [-0.1, -0.05) is 41.9 Å². The number of fused-ring (bicyclic) bond motifs is 1. The van der Waals surface area contributed by atoms with Gasteiger partial charge >= 0.3 is 0 Å². The fourth-order valence-electron chi connectivity index (χ4n) is 2.64. The number of nitrogens with zero attached hydrogens (tertiary/aromatic N) is 2. The third-order valence-electron chi connectivity index (χ3n) is 3.98. The maximum Gasteiger partial charge on any atom is 0.260 e. The number of ether oxygens (including phenoxy) is 1. The third kappa shape index (κ3) is 4.09. The number of carbonyl (C=O) groups excluding carboxylic acids is 1. The van der Waals surface area contributed by atoms with Gasteiger partial charge in [0.05, 0.1) is 5.02 Å². The van der Waals surface area contributed by atoms with Crippen LogP contribution in [0.5, 0.6) is 5.75 Å². The highest BCUT2D eigenvalue weighted by Gasteiger charge is 2.14. The summed E-state index contributed by atoms with van der Waals surface area (Å²) in [4.78, 5) is 18.6. The molecule has 0 aliphatic rings. The van der Waals surface area contributed by atoms with Crippen molar-refractivity contribution in [3.8, 4) is 5.75 Å². The summed E-state index contributed by atoms with van der Waals surface area (Å²) in [5, 5.41) is 1.42. The van der Waals surface area contributed by atoms with Crippen molar-refractivity contribution in [3.63, 3.8) is 0 Å². The van der Waals surface area contributed by atoms with Crippen LogP contribution in [0, 0.1) is 0 Å². The second-order valence-corrected chi connectivity index (χ2v) is 6.03. The van der Waals surface area contributed by atoms with Crippen molar-refractivity contribution < 1.29 is 9.53 Å². The fraction of sp³-hybridized carbons (Fsp3) is 0.200.